The fraction of sp³-hybridized carbons (Fsp3) is 0.267. The van der Waals surface area contributed by atoms with Crippen LogP contribution in [0, 0.1) is 6.92 Å². The first-order valence-corrected chi connectivity index (χ1v) is 7.08. The minimum absolute atomic E-state index is 0.157. The van der Waals surface area contributed by atoms with E-state index in [0.29, 0.717) is 4.88 Å². The Balaban J connectivity index is 1.91. The molecular formula is C15H17NO3S. The van der Waals surface area contributed by atoms with Crippen molar-refractivity contribution in [2.45, 2.75) is 13.0 Å². The number of carbonyl (C=O) groups is 1. The van der Waals surface area contributed by atoms with Crippen LogP contribution in [0.15, 0.2) is 36.4 Å². The quantitative estimate of drug-likeness (QED) is 0.890. The second-order valence-electron chi connectivity index (χ2n) is 4.41. The Morgan fingerprint density at radius 3 is 2.55 bits per heavy atom. The van der Waals surface area contributed by atoms with Crippen LogP contribution >= 0.6 is 11.3 Å². The molecule has 0 unspecified atom stereocenters. The maximum atomic E-state index is 11.9. The molecule has 1 heterocycles. The zero-order valence-corrected chi connectivity index (χ0v) is 12.2. The van der Waals surface area contributed by atoms with Crippen molar-refractivity contribution in [2.24, 2.45) is 0 Å². The molecule has 0 spiro atoms. The van der Waals surface area contributed by atoms with Gasteiger partial charge < -0.3 is 15.2 Å². The minimum Gasteiger partial charge on any atom is -0.497 e. The van der Waals surface area contributed by atoms with Gasteiger partial charge in [0.2, 0.25) is 0 Å². The van der Waals surface area contributed by atoms with Crippen molar-refractivity contribution < 1.29 is 14.6 Å². The number of carbonyl (C=O) groups excluding carboxylic acids is 1. The van der Waals surface area contributed by atoms with Gasteiger partial charge >= 0.3 is 0 Å². The molecule has 0 aliphatic carbocycles. The Bertz CT molecular complexity index is 577. The molecule has 106 valence electrons. The number of rotatable bonds is 5. The maximum Gasteiger partial charge on any atom is 0.261 e. The molecule has 2 aromatic rings. The van der Waals surface area contributed by atoms with Gasteiger partial charge in [0.05, 0.1) is 18.1 Å². The summed E-state index contributed by atoms with van der Waals surface area (Å²) in [5.41, 5.74) is 0.744. The molecule has 5 heteroatoms. The summed E-state index contributed by atoms with van der Waals surface area (Å²) < 4.78 is 5.06. The van der Waals surface area contributed by atoms with Crippen LogP contribution in [0.5, 0.6) is 5.75 Å². The first-order chi connectivity index (χ1) is 9.60. The monoisotopic (exact) mass is 291 g/mol. The summed E-state index contributed by atoms with van der Waals surface area (Å²) in [6.07, 6.45) is -0.731. The Labute approximate surface area is 122 Å². The number of ether oxygens (including phenoxy) is 1. The summed E-state index contributed by atoms with van der Waals surface area (Å²) in [5.74, 6) is 0.578. The zero-order valence-electron chi connectivity index (χ0n) is 11.4. The fourth-order valence-corrected chi connectivity index (χ4v) is 2.56. The highest BCUT2D eigenvalue weighted by Crippen LogP contribution is 2.18. The minimum atomic E-state index is -0.731. The fourth-order valence-electron chi connectivity index (χ4n) is 1.78. The summed E-state index contributed by atoms with van der Waals surface area (Å²) in [6, 6.07) is 10.8. The molecule has 0 aliphatic rings. The largest absolute Gasteiger partial charge is 0.497 e. The van der Waals surface area contributed by atoms with Gasteiger partial charge in [0.15, 0.2) is 0 Å². The molecule has 0 fully saturated rings. The van der Waals surface area contributed by atoms with Gasteiger partial charge in [-0.3, -0.25) is 4.79 Å². The molecule has 1 aromatic carbocycles. The highest BCUT2D eigenvalue weighted by molar-refractivity contribution is 7.13. The number of aliphatic hydroxyl groups excluding tert-OH is 1. The molecule has 20 heavy (non-hydrogen) atoms. The third-order valence-electron chi connectivity index (χ3n) is 2.92. The molecule has 2 N–H and O–H groups in total. The van der Waals surface area contributed by atoms with Gasteiger partial charge in [-0.15, -0.1) is 11.3 Å². The van der Waals surface area contributed by atoms with E-state index in [1.54, 1.807) is 37.4 Å². The number of aliphatic hydroxyl groups is 1. The first-order valence-electron chi connectivity index (χ1n) is 6.27. The van der Waals surface area contributed by atoms with E-state index in [2.05, 4.69) is 5.32 Å². The number of hydrogen-bond acceptors (Lipinski definition) is 4. The van der Waals surface area contributed by atoms with Crippen LogP contribution in [0.4, 0.5) is 0 Å². The van der Waals surface area contributed by atoms with E-state index >= 15 is 0 Å². The second-order valence-corrected chi connectivity index (χ2v) is 5.70. The van der Waals surface area contributed by atoms with Gasteiger partial charge in [0, 0.05) is 11.4 Å². The summed E-state index contributed by atoms with van der Waals surface area (Å²) >= 11 is 1.44. The van der Waals surface area contributed by atoms with Crippen molar-refractivity contribution >= 4 is 17.2 Å². The number of benzene rings is 1. The Hall–Kier alpha value is -1.85. The number of methoxy groups -OCH3 is 1. The van der Waals surface area contributed by atoms with Crippen LogP contribution in [-0.4, -0.2) is 24.7 Å². The number of thiophene rings is 1. The molecule has 0 radical (unpaired) electrons. The van der Waals surface area contributed by atoms with E-state index in [9.17, 15) is 9.90 Å². The third kappa shape index (κ3) is 3.59. The van der Waals surface area contributed by atoms with Crippen molar-refractivity contribution in [1.82, 2.24) is 5.32 Å². The lowest BCUT2D eigenvalue weighted by Crippen LogP contribution is -2.27. The van der Waals surface area contributed by atoms with Gasteiger partial charge in [-0.05, 0) is 36.8 Å². The van der Waals surface area contributed by atoms with E-state index in [1.165, 1.54) is 11.3 Å². The first kappa shape index (κ1) is 14.6. The van der Waals surface area contributed by atoms with Crippen molar-refractivity contribution in [3.63, 3.8) is 0 Å². The molecule has 0 bridgehead atoms. The van der Waals surface area contributed by atoms with Crippen LogP contribution in [0.3, 0.4) is 0 Å². The summed E-state index contributed by atoms with van der Waals surface area (Å²) in [5, 5.41) is 12.8. The SMILES string of the molecule is COc1ccc([C@H](O)CNC(=O)c2ccc(C)s2)cc1. The highest BCUT2D eigenvalue weighted by atomic mass is 32.1. The molecule has 4 nitrogen and oxygen atoms in total. The second kappa shape index (κ2) is 6.54. The zero-order chi connectivity index (χ0) is 14.5. The van der Waals surface area contributed by atoms with Crippen molar-refractivity contribution in [3.05, 3.63) is 51.7 Å². The lowest BCUT2D eigenvalue weighted by atomic mass is 10.1. The lowest BCUT2D eigenvalue weighted by molar-refractivity contribution is 0.0920. The van der Waals surface area contributed by atoms with Gasteiger partial charge in [0.1, 0.15) is 5.75 Å². The average molecular weight is 291 g/mol. The van der Waals surface area contributed by atoms with Crippen LogP contribution < -0.4 is 10.1 Å². The van der Waals surface area contributed by atoms with Gasteiger partial charge in [0.25, 0.3) is 5.91 Å². The van der Waals surface area contributed by atoms with E-state index < -0.39 is 6.10 Å². The summed E-state index contributed by atoms with van der Waals surface area (Å²) in [4.78, 5) is 13.6. The maximum absolute atomic E-state index is 11.9. The molecule has 2 rings (SSSR count). The van der Waals surface area contributed by atoms with Crippen molar-refractivity contribution in [2.75, 3.05) is 13.7 Å². The van der Waals surface area contributed by atoms with Crippen molar-refractivity contribution in [1.29, 1.82) is 0 Å². The standard InChI is InChI=1S/C15H17NO3S/c1-10-3-8-14(20-10)15(18)16-9-13(17)11-4-6-12(19-2)7-5-11/h3-8,13,17H,9H2,1-2H3,(H,16,18)/t13-/m1/s1. The van der Waals surface area contributed by atoms with E-state index in [4.69, 9.17) is 4.74 Å². The van der Waals surface area contributed by atoms with E-state index in [0.717, 1.165) is 16.2 Å². The van der Waals surface area contributed by atoms with E-state index in [1.807, 2.05) is 13.0 Å². The summed E-state index contributed by atoms with van der Waals surface area (Å²) in [6.45, 7) is 2.13. The normalized spacial score (nSPS) is 11.9. The molecular weight excluding hydrogens is 274 g/mol. The topological polar surface area (TPSA) is 58.6 Å². The van der Waals surface area contributed by atoms with Crippen LogP contribution in [0.2, 0.25) is 0 Å². The van der Waals surface area contributed by atoms with E-state index in [-0.39, 0.29) is 12.5 Å². The number of nitrogens with one attached hydrogen (secondary N) is 1. The highest BCUT2D eigenvalue weighted by Gasteiger charge is 2.12. The predicted octanol–water partition coefficient (Wildman–Crippen LogP) is 2.53. The molecule has 0 saturated heterocycles. The molecule has 1 amide bonds. The van der Waals surface area contributed by atoms with Crippen LogP contribution in [0.1, 0.15) is 26.2 Å². The molecule has 1 aromatic heterocycles. The number of amides is 1. The third-order valence-corrected chi connectivity index (χ3v) is 3.92. The predicted molar refractivity (Wildman–Crippen MR) is 79.3 cm³/mol. The number of hydrogen-bond donors (Lipinski definition) is 2. The average Bonchev–Trinajstić information content (AvgIpc) is 2.91. The van der Waals surface area contributed by atoms with Gasteiger partial charge in [-0.25, -0.2) is 0 Å². The van der Waals surface area contributed by atoms with Crippen LogP contribution in [-0.2, 0) is 0 Å². The smallest absolute Gasteiger partial charge is 0.261 e. The molecule has 0 aliphatic heterocycles. The van der Waals surface area contributed by atoms with Crippen molar-refractivity contribution in [3.8, 4) is 5.75 Å². The lowest BCUT2D eigenvalue weighted by Gasteiger charge is -2.12. The molecule has 1 atom stereocenters. The Kier molecular flexibility index (Phi) is 4.76. The summed E-state index contributed by atoms with van der Waals surface area (Å²) in [7, 11) is 1.59. The van der Waals surface area contributed by atoms with Gasteiger partial charge in [-0.1, -0.05) is 12.1 Å². The molecule has 0 saturated carbocycles. The van der Waals surface area contributed by atoms with Crippen LogP contribution in [0.25, 0.3) is 0 Å². The Morgan fingerprint density at radius 2 is 2.00 bits per heavy atom. The van der Waals surface area contributed by atoms with Gasteiger partial charge in [-0.2, -0.15) is 0 Å². The number of aryl methyl sites for hydroxylation is 1. The Morgan fingerprint density at radius 1 is 1.30 bits per heavy atom.